The minimum atomic E-state index is -0.258. The maximum absolute atomic E-state index is 12.4. The third kappa shape index (κ3) is 5.46. The van der Waals surface area contributed by atoms with Gasteiger partial charge in [0.25, 0.3) is 5.91 Å². The predicted molar refractivity (Wildman–Crippen MR) is 124 cm³/mol. The number of carbonyl (C=O) groups is 1. The Morgan fingerprint density at radius 3 is 2.77 bits per heavy atom. The fourth-order valence-electron chi connectivity index (χ4n) is 6.35. The van der Waals surface area contributed by atoms with Crippen molar-refractivity contribution in [2.45, 2.75) is 83.3 Å². The summed E-state index contributed by atoms with van der Waals surface area (Å²) in [7, 11) is 1.73. The molecule has 1 amide bonds. The highest BCUT2D eigenvalue weighted by Crippen LogP contribution is 2.45. The van der Waals surface area contributed by atoms with Gasteiger partial charge in [0.05, 0.1) is 0 Å². The third-order valence-corrected chi connectivity index (χ3v) is 7.93. The van der Waals surface area contributed by atoms with Gasteiger partial charge in [0, 0.05) is 32.0 Å². The van der Waals surface area contributed by atoms with Gasteiger partial charge < -0.3 is 11.1 Å². The smallest absolute Gasteiger partial charge is 0.253 e. The summed E-state index contributed by atoms with van der Waals surface area (Å²) in [6.45, 7) is 3.33. The summed E-state index contributed by atoms with van der Waals surface area (Å²) in [5, 5.41) is 3.82. The molecular weight excluding hydrogens is 386 g/mol. The Morgan fingerprint density at radius 1 is 1.19 bits per heavy atom. The molecule has 6 nitrogen and oxygen atoms in total. The number of hydrogen-bond donors (Lipinski definition) is 2. The molecule has 0 spiro atoms. The van der Waals surface area contributed by atoms with E-state index in [1.807, 2.05) is 18.5 Å². The van der Waals surface area contributed by atoms with Crippen LogP contribution in [0.1, 0.15) is 70.3 Å². The highest BCUT2D eigenvalue weighted by Gasteiger charge is 2.38. The standard InChI is InChI=1S/C25H39N5O/c1-17-12-20(14-21(13-17)28-16-18-6-5-11-27-15-18)22-8-4-3-7-19(22)9-10-23-24(31)30(2)25(26)29-23/h5-6,11,15,17,19-23,28H,3-4,7-10,12-14,16H2,1-2H3,(H2,26,29)/t17-,19?,20?,21+,22?,23+/m1/s1. The van der Waals surface area contributed by atoms with E-state index in [0.29, 0.717) is 12.0 Å². The van der Waals surface area contributed by atoms with Crippen molar-refractivity contribution in [3.8, 4) is 0 Å². The Hall–Kier alpha value is -1.95. The minimum Gasteiger partial charge on any atom is -0.369 e. The molecule has 2 fully saturated rings. The molecule has 0 aromatic carbocycles. The van der Waals surface area contributed by atoms with Crippen LogP contribution in [0.15, 0.2) is 29.5 Å². The lowest BCUT2D eigenvalue weighted by molar-refractivity contribution is -0.126. The van der Waals surface area contributed by atoms with Crippen molar-refractivity contribution in [2.75, 3.05) is 7.05 Å². The first-order valence-corrected chi connectivity index (χ1v) is 12.2. The summed E-state index contributed by atoms with van der Waals surface area (Å²) < 4.78 is 0. The molecule has 0 bridgehead atoms. The van der Waals surface area contributed by atoms with Crippen LogP contribution in [-0.4, -0.2) is 40.9 Å². The number of nitrogens with zero attached hydrogens (tertiary/aromatic N) is 3. The number of likely N-dealkylation sites (N-methyl/N-ethyl adjacent to an activating group) is 1. The van der Waals surface area contributed by atoms with Crippen LogP contribution < -0.4 is 11.1 Å². The van der Waals surface area contributed by atoms with Gasteiger partial charge in [-0.2, -0.15) is 0 Å². The van der Waals surface area contributed by atoms with Crippen LogP contribution in [0.5, 0.6) is 0 Å². The Kier molecular flexibility index (Phi) is 7.26. The van der Waals surface area contributed by atoms with E-state index in [-0.39, 0.29) is 11.9 Å². The second-order valence-electron chi connectivity index (χ2n) is 10.2. The molecule has 1 aliphatic heterocycles. The van der Waals surface area contributed by atoms with Gasteiger partial charge in [-0.05, 0) is 73.8 Å². The van der Waals surface area contributed by atoms with Crippen molar-refractivity contribution < 1.29 is 4.79 Å². The Bertz CT molecular complexity index is 766. The van der Waals surface area contributed by atoms with Gasteiger partial charge >= 0.3 is 0 Å². The number of pyridine rings is 1. The lowest BCUT2D eigenvalue weighted by Gasteiger charge is -2.43. The monoisotopic (exact) mass is 425 g/mol. The number of aliphatic imine (C=N–C) groups is 1. The van der Waals surface area contributed by atoms with Crippen LogP contribution in [0, 0.1) is 23.7 Å². The first-order valence-electron chi connectivity index (χ1n) is 12.2. The van der Waals surface area contributed by atoms with Crippen molar-refractivity contribution in [1.82, 2.24) is 15.2 Å². The van der Waals surface area contributed by atoms with Gasteiger partial charge in [0.2, 0.25) is 0 Å². The van der Waals surface area contributed by atoms with Gasteiger partial charge in [0.1, 0.15) is 6.04 Å². The number of rotatable bonds is 7. The average Bonchev–Trinajstić information content (AvgIpc) is 3.03. The van der Waals surface area contributed by atoms with Gasteiger partial charge in [-0.25, -0.2) is 4.99 Å². The van der Waals surface area contributed by atoms with Crippen molar-refractivity contribution in [3.63, 3.8) is 0 Å². The second kappa shape index (κ2) is 10.1. The predicted octanol–water partition coefficient (Wildman–Crippen LogP) is 3.72. The molecule has 3 aliphatic rings. The summed E-state index contributed by atoms with van der Waals surface area (Å²) >= 11 is 0. The van der Waals surface area contributed by atoms with Gasteiger partial charge in [0.15, 0.2) is 5.96 Å². The maximum Gasteiger partial charge on any atom is 0.253 e. The van der Waals surface area contributed by atoms with Gasteiger partial charge in [-0.1, -0.05) is 32.3 Å². The van der Waals surface area contributed by atoms with Crippen LogP contribution in [0.25, 0.3) is 0 Å². The summed E-state index contributed by atoms with van der Waals surface area (Å²) in [4.78, 5) is 22.5. The quantitative estimate of drug-likeness (QED) is 0.697. The number of aromatic nitrogens is 1. The zero-order chi connectivity index (χ0) is 21.8. The molecule has 6 heteroatoms. The molecular formula is C25H39N5O. The minimum absolute atomic E-state index is 0.0656. The van der Waals surface area contributed by atoms with E-state index in [0.717, 1.165) is 43.1 Å². The number of hydrogen-bond acceptors (Lipinski definition) is 5. The summed E-state index contributed by atoms with van der Waals surface area (Å²) in [5.41, 5.74) is 7.12. The first kappa shape index (κ1) is 22.3. The zero-order valence-electron chi connectivity index (χ0n) is 19.2. The van der Waals surface area contributed by atoms with Crippen LogP contribution in [-0.2, 0) is 11.3 Å². The van der Waals surface area contributed by atoms with E-state index >= 15 is 0 Å². The van der Waals surface area contributed by atoms with Crippen LogP contribution >= 0.6 is 0 Å². The molecule has 2 heterocycles. The van der Waals surface area contributed by atoms with Gasteiger partial charge in [-0.15, -0.1) is 0 Å². The molecule has 0 saturated heterocycles. The SMILES string of the molecule is C[C@@H]1CC(C2CCCCC2CC[C@@H]2N=C(N)N(C)C2=O)C[C@@H](NCc2cccnc2)C1. The molecule has 4 rings (SSSR count). The zero-order valence-corrected chi connectivity index (χ0v) is 19.2. The molecule has 31 heavy (non-hydrogen) atoms. The lowest BCUT2D eigenvalue weighted by atomic mass is 9.64. The number of carbonyl (C=O) groups excluding carboxylic acids is 1. The van der Waals surface area contributed by atoms with E-state index in [1.165, 1.54) is 55.4 Å². The number of nitrogens with one attached hydrogen (secondary N) is 1. The molecule has 1 aromatic heterocycles. The molecule has 0 radical (unpaired) electrons. The number of nitrogens with two attached hydrogens (primary N) is 1. The highest BCUT2D eigenvalue weighted by atomic mass is 16.2. The Morgan fingerprint density at radius 2 is 2.03 bits per heavy atom. The van der Waals surface area contributed by atoms with E-state index in [1.54, 1.807) is 7.05 Å². The fourth-order valence-corrected chi connectivity index (χ4v) is 6.35. The lowest BCUT2D eigenvalue weighted by Crippen LogP contribution is -2.41. The number of guanidine groups is 1. The molecule has 2 aliphatic carbocycles. The maximum atomic E-state index is 12.4. The van der Waals surface area contributed by atoms with E-state index in [9.17, 15) is 4.79 Å². The molecule has 1 aromatic rings. The fraction of sp³-hybridized carbons (Fsp3) is 0.720. The molecule has 3 N–H and O–H groups in total. The molecule has 3 unspecified atom stereocenters. The van der Waals surface area contributed by atoms with Gasteiger partial charge in [-0.3, -0.25) is 14.7 Å². The first-order chi connectivity index (χ1) is 15.0. The van der Waals surface area contributed by atoms with Crippen molar-refractivity contribution in [2.24, 2.45) is 34.4 Å². The third-order valence-electron chi connectivity index (χ3n) is 7.93. The van der Waals surface area contributed by atoms with Crippen LogP contribution in [0.4, 0.5) is 0 Å². The second-order valence-corrected chi connectivity index (χ2v) is 10.2. The van der Waals surface area contributed by atoms with Crippen molar-refractivity contribution in [1.29, 1.82) is 0 Å². The van der Waals surface area contributed by atoms with Crippen LogP contribution in [0.3, 0.4) is 0 Å². The largest absolute Gasteiger partial charge is 0.369 e. The summed E-state index contributed by atoms with van der Waals surface area (Å²) in [6, 6.07) is 4.50. The Balaban J connectivity index is 1.34. The summed E-state index contributed by atoms with van der Waals surface area (Å²) in [6.07, 6.45) is 15.0. The average molecular weight is 426 g/mol. The normalized spacial score (nSPS) is 34.1. The molecule has 6 atom stereocenters. The highest BCUT2D eigenvalue weighted by molar-refractivity contribution is 6.03. The van der Waals surface area contributed by atoms with E-state index in [2.05, 4.69) is 28.3 Å². The van der Waals surface area contributed by atoms with Crippen LogP contribution in [0.2, 0.25) is 0 Å². The topological polar surface area (TPSA) is 83.6 Å². The van der Waals surface area contributed by atoms with Crippen molar-refractivity contribution in [3.05, 3.63) is 30.1 Å². The van der Waals surface area contributed by atoms with E-state index in [4.69, 9.17) is 5.73 Å². The number of amides is 1. The molecule has 170 valence electrons. The van der Waals surface area contributed by atoms with E-state index < -0.39 is 0 Å². The summed E-state index contributed by atoms with van der Waals surface area (Å²) in [5.74, 6) is 3.50. The Labute approximate surface area is 187 Å². The molecule has 2 saturated carbocycles. The van der Waals surface area contributed by atoms with Crippen molar-refractivity contribution >= 4 is 11.9 Å².